The summed E-state index contributed by atoms with van der Waals surface area (Å²) in [7, 11) is 2.16. The maximum atomic E-state index is 5.91. The highest BCUT2D eigenvalue weighted by molar-refractivity contribution is 7.98. The first kappa shape index (κ1) is 13.6. The van der Waals surface area contributed by atoms with Gasteiger partial charge in [0.1, 0.15) is 4.99 Å². The molecule has 1 aliphatic heterocycles. The molecule has 1 saturated heterocycles. The van der Waals surface area contributed by atoms with Crippen LogP contribution in [0.4, 0.5) is 5.69 Å². The number of likely N-dealkylation sites (N-methyl/N-ethyl adjacent to an activating group) is 1. The predicted octanol–water partition coefficient (Wildman–Crippen LogP) is 1.79. The lowest BCUT2D eigenvalue weighted by Crippen LogP contribution is -2.45. The molecule has 1 fully saturated rings. The smallest absolute Gasteiger partial charge is 0.107 e. The maximum Gasteiger partial charge on any atom is 0.107 e. The van der Waals surface area contributed by atoms with Gasteiger partial charge in [-0.3, -0.25) is 0 Å². The predicted molar refractivity (Wildman–Crippen MR) is 83.8 cm³/mol. The lowest BCUT2D eigenvalue weighted by Gasteiger charge is -2.35. The molecule has 2 rings (SSSR count). The highest BCUT2D eigenvalue weighted by Gasteiger charge is 2.19. The second-order valence-electron chi connectivity index (χ2n) is 4.51. The lowest BCUT2D eigenvalue weighted by atomic mass is 10.1. The van der Waals surface area contributed by atoms with Crippen molar-refractivity contribution in [2.24, 2.45) is 5.73 Å². The van der Waals surface area contributed by atoms with E-state index in [0.717, 1.165) is 31.7 Å². The van der Waals surface area contributed by atoms with Crippen LogP contribution >= 0.6 is 24.0 Å². The van der Waals surface area contributed by atoms with Crippen LogP contribution in [-0.2, 0) is 0 Å². The molecule has 0 amide bonds. The number of nitrogens with zero attached hydrogens (tertiary/aromatic N) is 2. The first-order valence-electron chi connectivity index (χ1n) is 6.03. The molecule has 1 aliphatic rings. The molecule has 0 bridgehead atoms. The zero-order valence-electron chi connectivity index (χ0n) is 10.8. The van der Waals surface area contributed by atoms with Crippen LogP contribution in [0.15, 0.2) is 23.1 Å². The Bertz CT molecular complexity index is 440. The fraction of sp³-hybridized carbons (Fsp3) is 0.462. The van der Waals surface area contributed by atoms with Crippen molar-refractivity contribution < 1.29 is 0 Å². The number of nitrogens with two attached hydrogens (primary N) is 1. The number of thioether (sulfide) groups is 1. The second kappa shape index (κ2) is 5.91. The van der Waals surface area contributed by atoms with Crippen LogP contribution in [0.25, 0.3) is 0 Å². The number of hydrogen-bond donors (Lipinski definition) is 1. The Labute approximate surface area is 118 Å². The van der Waals surface area contributed by atoms with Gasteiger partial charge in [0.25, 0.3) is 0 Å². The van der Waals surface area contributed by atoms with Crippen LogP contribution in [0, 0.1) is 0 Å². The van der Waals surface area contributed by atoms with E-state index in [4.69, 9.17) is 18.0 Å². The minimum Gasteiger partial charge on any atom is -0.389 e. The molecule has 2 N–H and O–H groups in total. The molecule has 0 aliphatic carbocycles. The van der Waals surface area contributed by atoms with Crippen molar-refractivity contribution in [2.75, 3.05) is 44.4 Å². The first-order chi connectivity index (χ1) is 8.63. The van der Waals surface area contributed by atoms with Gasteiger partial charge in [-0.15, -0.1) is 11.8 Å². The molecule has 1 aromatic carbocycles. The molecule has 0 atom stereocenters. The molecule has 0 radical (unpaired) electrons. The lowest BCUT2D eigenvalue weighted by molar-refractivity contribution is 0.313. The summed E-state index contributed by atoms with van der Waals surface area (Å²) in [5.41, 5.74) is 8.12. The van der Waals surface area contributed by atoms with E-state index in [1.54, 1.807) is 11.8 Å². The van der Waals surface area contributed by atoms with Gasteiger partial charge in [-0.2, -0.15) is 0 Å². The molecule has 1 aromatic rings. The molecule has 5 heteroatoms. The van der Waals surface area contributed by atoms with Crippen molar-refractivity contribution >= 4 is 34.7 Å². The van der Waals surface area contributed by atoms with E-state index >= 15 is 0 Å². The van der Waals surface area contributed by atoms with Gasteiger partial charge < -0.3 is 15.5 Å². The summed E-state index contributed by atoms with van der Waals surface area (Å²) >= 11 is 6.92. The number of benzene rings is 1. The number of thiocarbonyl (C=S) groups is 1. The van der Waals surface area contributed by atoms with E-state index in [2.05, 4.69) is 41.3 Å². The van der Waals surface area contributed by atoms with Crippen molar-refractivity contribution in [1.82, 2.24) is 4.90 Å². The van der Waals surface area contributed by atoms with Crippen LogP contribution in [-0.4, -0.2) is 49.4 Å². The quantitative estimate of drug-likeness (QED) is 0.675. The largest absolute Gasteiger partial charge is 0.389 e. The van der Waals surface area contributed by atoms with E-state index in [-0.39, 0.29) is 0 Å². The molecular formula is C13H19N3S2. The van der Waals surface area contributed by atoms with Crippen LogP contribution in [0.1, 0.15) is 5.56 Å². The molecule has 18 heavy (non-hydrogen) atoms. The third-order valence-electron chi connectivity index (χ3n) is 3.31. The van der Waals surface area contributed by atoms with Crippen molar-refractivity contribution in [3.05, 3.63) is 23.8 Å². The first-order valence-corrected chi connectivity index (χ1v) is 7.67. The normalized spacial score (nSPS) is 16.9. The summed E-state index contributed by atoms with van der Waals surface area (Å²) in [5, 5.41) is 0. The van der Waals surface area contributed by atoms with Crippen molar-refractivity contribution in [2.45, 2.75) is 4.90 Å². The van der Waals surface area contributed by atoms with E-state index in [9.17, 15) is 0 Å². The molecule has 0 spiro atoms. The van der Waals surface area contributed by atoms with Crippen molar-refractivity contribution in [3.63, 3.8) is 0 Å². The molecule has 3 nitrogen and oxygen atoms in total. The summed E-state index contributed by atoms with van der Waals surface area (Å²) in [5.74, 6) is 0. The number of rotatable bonds is 3. The summed E-state index contributed by atoms with van der Waals surface area (Å²) in [6, 6.07) is 6.29. The van der Waals surface area contributed by atoms with Gasteiger partial charge in [-0.05, 0) is 25.4 Å². The Morgan fingerprint density at radius 1 is 1.28 bits per heavy atom. The van der Waals surface area contributed by atoms with Crippen LogP contribution in [0.2, 0.25) is 0 Å². The molecule has 98 valence electrons. The molecular weight excluding hydrogens is 262 g/mol. The SMILES string of the molecule is CSc1cccc(N2CCN(C)CC2)c1C(N)=S. The van der Waals surface area contributed by atoms with Crippen LogP contribution < -0.4 is 10.6 Å². The Morgan fingerprint density at radius 2 is 1.94 bits per heavy atom. The number of piperazine rings is 1. The number of hydrogen-bond acceptors (Lipinski definition) is 4. The Kier molecular flexibility index (Phi) is 4.48. The van der Waals surface area contributed by atoms with Crippen molar-refractivity contribution in [3.8, 4) is 0 Å². The zero-order chi connectivity index (χ0) is 13.1. The summed E-state index contributed by atoms with van der Waals surface area (Å²) < 4.78 is 0. The molecule has 1 heterocycles. The van der Waals surface area contributed by atoms with Crippen LogP contribution in [0.5, 0.6) is 0 Å². The van der Waals surface area contributed by atoms with Gasteiger partial charge in [0.15, 0.2) is 0 Å². The van der Waals surface area contributed by atoms with Gasteiger partial charge in [0.05, 0.1) is 0 Å². The fourth-order valence-electron chi connectivity index (χ4n) is 2.25. The van der Waals surface area contributed by atoms with Gasteiger partial charge in [0, 0.05) is 42.3 Å². The minimum atomic E-state index is 0.494. The minimum absolute atomic E-state index is 0.494. The van der Waals surface area contributed by atoms with Gasteiger partial charge in [-0.25, -0.2) is 0 Å². The fourth-order valence-corrected chi connectivity index (χ4v) is 3.16. The summed E-state index contributed by atoms with van der Waals surface area (Å²) in [4.78, 5) is 6.39. The average Bonchev–Trinajstić information content (AvgIpc) is 2.38. The highest BCUT2D eigenvalue weighted by atomic mass is 32.2. The third kappa shape index (κ3) is 2.79. The van der Waals surface area contributed by atoms with Gasteiger partial charge >= 0.3 is 0 Å². The van der Waals surface area contributed by atoms with Gasteiger partial charge in [-0.1, -0.05) is 18.3 Å². The van der Waals surface area contributed by atoms with Gasteiger partial charge in [0.2, 0.25) is 0 Å². The van der Waals surface area contributed by atoms with E-state index in [1.807, 2.05) is 0 Å². The molecule has 0 unspecified atom stereocenters. The van der Waals surface area contributed by atoms with Crippen LogP contribution in [0.3, 0.4) is 0 Å². The maximum absolute atomic E-state index is 5.91. The van der Waals surface area contributed by atoms with E-state index in [0.29, 0.717) is 4.99 Å². The van der Waals surface area contributed by atoms with E-state index < -0.39 is 0 Å². The Balaban J connectivity index is 2.35. The second-order valence-corrected chi connectivity index (χ2v) is 5.80. The summed E-state index contributed by atoms with van der Waals surface area (Å²) in [6.45, 7) is 4.23. The zero-order valence-corrected chi connectivity index (χ0v) is 12.5. The standard InChI is InChI=1S/C13H19N3S2/c1-15-6-8-16(9-7-15)10-4-3-5-11(18-2)12(10)13(14)17/h3-5H,6-9H2,1-2H3,(H2,14,17). The highest BCUT2D eigenvalue weighted by Crippen LogP contribution is 2.30. The monoisotopic (exact) mass is 281 g/mol. The van der Waals surface area contributed by atoms with E-state index in [1.165, 1.54) is 10.6 Å². The Hall–Kier alpha value is -0.780. The third-order valence-corrected chi connectivity index (χ3v) is 4.30. The molecule has 0 aromatic heterocycles. The Morgan fingerprint density at radius 3 is 2.50 bits per heavy atom. The topological polar surface area (TPSA) is 32.5 Å². The number of anilines is 1. The van der Waals surface area contributed by atoms with Crippen molar-refractivity contribution in [1.29, 1.82) is 0 Å². The molecule has 0 saturated carbocycles. The summed E-state index contributed by atoms with van der Waals surface area (Å²) in [6.07, 6.45) is 2.06. The average molecular weight is 281 g/mol.